The molecule has 0 aliphatic rings. The second-order valence-electron chi connectivity index (χ2n) is 6.28. The van der Waals surface area contributed by atoms with Crippen LogP contribution >= 0.6 is 0 Å². The molecule has 0 aliphatic heterocycles. The van der Waals surface area contributed by atoms with Crippen LogP contribution in [0, 0.1) is 20.8 Å². The number of carbonyl (C=O) groups is 3. The number of ether oxygens (including phenoxy) is 3. The highest BCUT2D eigenvalue weighted by Crippen LogP contribution is 2.23. The van der Waals surface area contributed by atoms with Crippen molar-refractivity contribution in [1.82, 2.24) is 0 Å². The molecular weight excluding hydrogens is 362 g/mol. The van der Waals surface area contributed by atoms with Crippen LogP contribution in [0.3, 0.4) is 0 Å². The van der Waals surface area contributed by atoms with Crippen molar-refractivity contribution in [2.24, 2.45) is 0 Å². The molecule has 1 N–H and O–H groups in total. The zero-order chi connectivity index (χ0) is 20.8. The fraction of sp³-hybridized carbons (Fsp3) is 0.286. The highest BCUT2D eigenvalue weighted by Gasteiger charge is 2.18. The van der Waals surface area contributed by atoms with Gasteiger partial charge in [0, 0.05) is 0 Å². The van der Waals surface area contributed by atoms with E-state index in [1.54, 1.807) is 0 Å². The number of methoxy groups -OCH3 is 2. The number of nitrogens with one attached hydrogen (secondary N) is 1. The van der Waals surface area contributed by atoms with E-state index in [0.29, 0.717) is 5.75 Å². The smallest absolute Gasteiger partial charge is 0.339 e. The molecule has 0 unspecified atom stereocenters. The summed E-state index contributed by atoms with van der Waals surface area (Å²) in [4.78, 5) is 36.0. The Bertz CT molecular complexity index is 919. The van der Waals surface area contributed by atoms with E-state index in [1.165, 1.54) is 32.4 Å². The molecule has 0 heterocycles. The van der Waals surface area contributed by atoms with Crippen molar-refractivity contribution in [3.63, 3.8) is 0 Å². The largest absolute Gasteiger partial charge is 0.483 e. The summed E-state index contributed by atoms with van der Waals surface area (Å²) in [6.07, 6.45) is 0. The fourth-order valence-corrected chi connectivity index (χ4v) is 2.60. The van der Waals surface area contributed by atoms with E-state index < -0.39 is 17.8 Å². The number of rotatable bonds is 6. The summed E-state index contributed by atoms with van der Waals surface area (Å²) in [6, 6.07) is 8.02. The van der Waals surface area contributed by atoms with Crippen LogP contribution in [0.2, 0.25) is 0 Å². The normalized spacial score (nSPS) is 10.2. The lowest BCUT2D eigenvalue weighted by molar-refractivity contribution is -0.118. The van der Waals surface area contributed by atoms with Gasteiger partial charge in [-0.3, -0.25) is 4.79 Å². The average Bonchev–Trinajstić information content (AvgIpc) is 2.68. The Balaban J connectivity index is 2.19. The highest BCUT2D eigenvalue weighted by atomic mass is 16.5. The van der Waals surface area contributed by atoms with Gasteiger partial charge in [0.15, 0.2) is 6.61 Å². The van der Waals surface area contributed by atoms with Crippen LogP contribution in [0.4, 0.5) is 5.69 Å². The molecule has 0 spiro atoms. The number of carbonyl (C=O) groups excluding carboxylic acids is 3. The Morgan fingerprint density at radius 1 is 0.857 bits per heavy atom. The summed E-state index contributed by atoms with van der Waals surface area (Å²) in [6.45, 7) is 5.60. The summed E-state index contributed by atoms with van der Waals surface area (Å²) >= 11 is 0. The van der Waals surface area contributed by atoms with Gasteiger partial charge in [0.1, 0.15) is 5.75 Å². The SMILES string of the molecule is COC(=O)c1ccc(C(=O)OC)c(NC(=O)COc2cc(C)c(C)cc2C)c1. The molecule has 0 aliphatic carbocycles. The minimum Gasteiger partial charge on any atom is -0.483 e. The molecule has 0 saturated carbocycles. The van der Waals surface area contributed by atoms with Crippen molar-refractivity contribution in [3.05, 3.63) is 58.1 Å². The van der Waals surface area contributed by atoms with Crippen LogP contribution in [0.15, 0.2) is 30.3 Å². The molecule has 7 heteroatoms. The van der Waals surface area contributed by atoms with Gasteiger partial charge in [0.05, 0.1) is 31.0 Å². The predicted octanol–water partition coefficient (Wildman–Crippen LogP) is 3.20. The first-order chi connectivity index (χ1) is 13.3. The molecule has 7 nitrogen and oxygen atoms in total. The second-order valence-corrected chi connectivity index (χ2v) is 6.28. The number of benzene rings is 2. The van der Waals surface area contributed by atoms with E-state index >= 15 is 0 Å². The Kier molecular flexibility index (Phi) is 6.76. The Morgan fingerprint density at radius 3 is 2.14 bits per heavy atom. The van der Waals surface area contributed by atoms with Crippen LogP contribution in [-0.4, -0.2) is 38.7 Å². The molecule has 148 valence electrons. The van der Waals surface area contributed by atoms with E-state index in [2.05, 4.69) is 10.1 Å². The standard InChI is InChI=1S/C21H23NO6/c1-12-8-14(3)18(9-13(12)2)28-11-19(23)22-17-10-15(20(24)26-4)6-7-16(17)21(25)27-5/h6-10H,11H2,1-5H3,(H,22,23). The molecule has 28 heavy (non-hydrogen) atoms. The lowest BCUT2D eigenvalue weighted by Crippen LogP contribution is -2.22. The Labute approximate surface area is 163 Å². The molecule has 1 amide bonds. The average molecular weight is 385 g/mol. The zero-order valence-corrected chi connectivity index (χ0v) is 16.5. The molecule has 2 aromatic carbocycles. The quantitative estimate of drug-likeness (QED) is 0.768. The summed E-state index contributed by atoms with van der Waals surface area (Å²) in [5, 5.41) is 2.59. The molecule has 2 aromatic rings. The molecule has 2 rings (SSSR count). The molecule has 0 atom stereocenters. The summed E-state index contributed by atoms with van der Waals surface area (Å²) in [5.74, 6) is -1.11. The molecule has 0 radical (unpaired) electrons. The number of hydrogen-bond acceptors (Lipinski definition) is 6. The predicted molar refractivity (Wildman–Crippen MR) is 104 cm³/mol. The number of amides is 1. The summed E-state index contributed by atoms with van der Waals surface area (Å²) in [7, 11) is 2.47. The van der Waals surface area contributed by atoms with Crippen molar-refractivity contribution < 1.29 is 28.6 Å². The maximum Gasteiger partial charge on any atom is 0.339 e. The molecule has 0 fully saturated rings. The van der Waals surface area contributed by atoms with Crippen LogP contribution in [0.1, 0.15) is 37.4 Å². The monoisotopic (exact) mass is 385 g/mol. The Morgan fingerprint density at radius 2 is 1.50 bits per heavy atom. The first-order valence-corrected chi connectivity index (χ1v) is 8.58. The van der Waals surface area contributed by atoms with Gasteiger partial charge < -0.3 is 19.5 Å². The van der Waals surface area contributed by atoms with E-state index in [4.69, 9.17) is 9.47 Å². The minimum absolute atomic E-state index is 0.117. The summed E-state index contributed by atoms with van der Waals surface area (Å²) < 4.78 is 15.0. The van der Waals surface area contributed by atoms with Gasteiger partial charge in [-0.1, -0.05) is 6.07 Å². The van der Waals surface area contributed by atoms with Crippen LogP contribution < -0.4 is 10.1 Å². The molecule has 0 aromatic heterocycles. The second kappa shape index (κ2) is 9.03. The maximum absolute atomic E-state index is 12.4. The van der Waals surface area contributed by atoms with Crippen molar-refractivity contribution in [1.29, 1.82) is 0 Å². The van der Waals surface area contributed by atoms with Gasteiger partial charge in [0.25, 0.3) is 5.91 Å². The Hall–Kier alpha value is -3.35. The van der Waals surface area contributed by atoms with Crippen LogP contribution in [0.25, 0.3) is 0 Å². The van der Waals surface area contributed by atoms with Gasteiger partial charge in [-0.2, -0.15) is 0 Å². The third kappa shape index (κ3) is 4.88. The van der Waals surface area contributed by atoms with Gasteiger partial charge >= 0.3 is 11.9 Å². The lowest BCUT2D eigenvalue weighted by Gasteiger charge is -2.14. The van der Waals surface area contributed by atoms with E-state index in [1.807, 2.05) is 32.9 Å². The molecular formula is C21H23NO6. The van der Waals surface area contributed by atoms with Crippen LogP contribution in [-0.2, 0) is 14.3 Å². The van der Waals surface area contributed by atoms with Gasteiger partial charge in [-0.25, -0.2) is 9.59 Å². The van der Waals surface area contributed by atoms with Crippen molar-refractivity contribution >= 4 is 23.5 Å². The van der Waals surface area contributed by atoms with Crippen LogP contribution in [0.5, 0.6) is 5.75 Å². The van der Waals surface area contributed by atoms with Crippen molar-refractivity contribution in [3.8, 4) is 5.75 Å². The van der Waals surface area contributed by atoms with E-state index in [-0.39, 0.29) is 23.4 Å². The fourth-order valence-electron chi connectivity index (χ4n) is 2.60. The van der Waals surface area contributed by atoms with E-state index in [0.717, 1.165) is 16.7 Å². The highest BCUT2D eigenvalue weighted by molar-refractivity contribution is 6.03. The first kappa shape index (κ1) is 21.0. The van der Waals surface area contributed by atoms with Gasteiger partial charge in [-0.05, 0) is 61.7 Å². The number of anilines is 1. The summed E-state index contributed by atoms with van der Waals surface area (Å²) in [5.41, 5.74) is 3.55. The topological polar surface area (TPSA) is 90.9 Å². The number of esters is 2. The molecule has 0 saturated heterocycles. The first-order valence-electron chi connectivity index (χ1n) is 8.58. The number of hydrogen-bond donors (Lipinski definition) is 1. The minimum atomic E-state index is -0.641. The van der Waals surface area contributed by atoms with Crippen molar-refractivity contribution in [2.45, 2.75) is 20.8 Å². The van der Waals surface area contributed by atoms with Gasteiger partial charge in [0.2, 0.25) is 0 Å². The maximum atomic E-state index is 12.4. The zero-order valence-electron chi connectivity index (χ0n) is 16.5. The third-order valence-corrected chi connectivity index (χ3v) is 4.27. The van der Waals surface area contributed by atoms with Gasteiger partial charge in [-0.15, -0.1) is 0 Å². The lowest BCUT2D eigenvalue weighted by atomic mass is 10.1. The van der Waals surface area contributed by atoms with Crippen molar-refractivity contribution in [2.75, 3.05) is 26.1 Å². The van der Waals surface area contributed by atoms with E-state index in [9.17, 15) is 14.4 Å². The molecule has 0 bridgehead atoms. The third-order valence-electron chi connectivity index (χ3n) is 4.27. The number of aryl methyl sites for hydroxylation is 3.